The largest absolute Gasteiger partial charge is 0.507 e. The Kier molecular flexibility index (Phi) is 6.82. The van der Waals surface area contributed by atoms with Crippen LogP contribution < -0.4 is 11.1 Å². The van der Waals surface area contributed by atoms with E-state index in [0.717, 1.165) is 16.7 Å². The van der Waals surface area contributed by atoms with Crippen LogP contribution in [0.2, 0.25) is 0 Å². The molecule has 2 rings (SSSR count). The fourth-order valence-corrected chi connectivity index (χ4v) is 3.04. The number of benzene rings is 1. The van der Waals surface area contributed by atoms with Crippen molar-refractivity contribution in [2.24, 2.45) is 5.73 Å². The monoisotopic (exact) mass is 433 g/mol. The first-order valence-electron chi connectivity index (χ1n) is 9.90. The molecule has 0 unspecified atom stereocenters. The van der Waals surface area contributed by atoms with Gasteiger partial charge in [-0.25, -0.2) is 0 Å². The van der Waals surface area contributed by atoms with Gasteiger partial charge in [0.05, 0.1) is 6.54 Å². The maximum atomic E-state index is 11.9. The molecule has 0 aliphatic rings. The maximum Gasteiger partial charge on any atom is 0.252 e. The molecule has 0 bridgehead atoms. The quantitative estimate of drug-likeness (QED) is 0.461. The third kappa shape index (κ3) is 5.62. The SMILES string of the molecule is CC(C)(C)c1cc(-c2cc(CNC(=O)[C@H](O)[C@@H](O)C(N)=O)on2)cc(C(C)(C)C)c1O. The van der Waals surface area contributed by atoms with E-state index in [1.807, 2.05) is 53.7 Å². The highest BCUT2D eigenvalue weighted by Crippen LogP contribution is 2.41. The van der Waals surface area contributed by atoms with Crippen molar-refractivity contribution in [1.82, 2.24) is 10.5 Å². The van der Waals surface area contributed by atoms with E-state index in [1.54, 1.807) is 6.07 Å². The number of carbonyl (C=O) groups excluding carboxylic acids is 2. The molecule has 0 spiro atoms. The number of primary amides is 1. The van der Waals surface area contributed by atoms with Crippen molar-refractivity contribution < 1.29 is 29.4 Å². The Morgan fingerprint density at radius 1 is 1.03 bits per heavy atom. The van der Waals surface area contributed by atoms with Gasteiger partial charge in [0, 0.05) is 22.8 Å². The van der Waals surface area contributed by atoms with Crippen molar-refractivity contribution in [2.75, 3.05) is 0 Å². The van der Waals surface area contributed by atoms with Crippen LogP contribution >= 0.6 is 0 Å². The number of nitrogens with zero attached hydrogens (tertiary/aromatic N) is 1. The molecule has 0 saturated carbocycles. The third-order valence-corrected chi connectivity index (χ3v) is 4.88. The van der Waals surface area contributed by atoms with E-state index in [1.165, 1.54) is 0 Å². The van der Waals surface area contributed by atoms with Crippen molar-refractivity contribution >= 4 is 11.8 Å². The number of phenols is 1. The zero-order chi connectivity index (χ0) is 23.7. The second kappa shape index (κ2) is 8.68. The molecule has 1 heterocycles. The van der Waals surface area contributed by atoms with Crippen LogP contribution in [-0.2, 0) is 27.0 Å². The van der Waals surface area contributed by atoms with Crippen LogP contribution in [0.25, 0.3) is 11.3 Å². The predicted octanol–water partition coefficient (Wildman–Crippen LogP) is 1.47. The normalized spacial score (nSPS) is 14.2. The minimum absolute atomic E-state index is 0.120. The number of rotatable bonds is 6. The second-order valence-corrected chi connectivity index (χ2v) is 9.61. The lowest BCUT2D eigenvalue weighted by Gasteiger charge is -2.28. The molecule has 2 atom stereocenters. The van der Waals surface area contributed by atoms with Gasteiger partial charge in [-0.3, -0.25) is 9.59 Å². The molecule has 2 amide bonds. The van der Waals surface area contributed by atoms with E-state index < -0.39 is 24.0 Å². The van der Waals surface area contributed by atoms with E-state index >= 15 is 0 Å². The molecular weight excluding hydrogens is 402 g/mol. The summed E-state index contributed by atoms with van der Waals surface area (Å²) in [6.07, 6.45) is -3.99. The Morgan fingerprint density at radius 2 is 1.55 bits per heavy atom. The molecule has 6 N–H and O–H groups in total. The van der Waals surface area contributed by atoms with Crippen molar-refractivity contribution in [3.05, 3.63) is 35.1 Å². The van der Waals surface area contributed by atoms with Gasteiger partial charge in [0.25, 0.3) is 5.91 Å². The van der Waals surface area contributed by atoms with E-state index in [0.29, 0.717) is 11.5 Å². The summed E-state index contributed by atoms with van der Waals surface area (Å²) < 4.78 is 5.28. The Morgan fingerprint density at radius 3 is 2.00 bits per heavy atom. The smallest absolute Gasteiger partial charge is 0.252 e. The number of hydrogen-bond acceptors (Lipinski definition) is 7. The van der Waals surface area contributed by atoms with Crippen molar-refractivity contribution in [3.8, 4) is 17.0 Å². The molecule has 0 aliphatic heterocycles. The number of aliphatic hydroxyl groups is 2. The van der Waals surface area contributed by atoms with Crippen LogP contribution in [-0.4, -0.2) is 44.5 Å². The van der Waals surface area contributed by atoms with Crippen LogP contribution in [0.5, 0.6) is 5.75 Å². The van der Waals surface area contributed by atoms with Crippen LogP contribution in [0, 0.1) is 0 Å². The van der Waals surface area contributed by atoms with Gasteiger partial charge in [-0.2, -0.15) is 0 Å². The van der Waals surface area contributed by atoms with Gasteiger partial charge in [0.15, 0.2) is 18.0 Å². The van der Waals surface area contributed by atoms with Crippen LogP contribution in [0.1, 0.15) is 58.4 Å². The predicted molar refractivity (Wildman–Crippen MR) is 114 cm³/mol. The molecule has 0 aliphatic carbocycles. The van der Waals surface area contributed by atoms with Crippen LogP contribution in [0.4, 0.5) is 0 Å². The number of aliphatic hydroxyl groups excluding tert-OH is 2. The zero-order valence-electron chi connectivity index (χ0n) is 18.7. The van der Waals surface area contributed by atoms with Crippen LogP contribution in [0.3, 0.4) is 0 Å². The lowest BCUT2D eigenvalue weighted by atomic mass is 9.78. The molecule has 0 radical (unpaired) electrons. The summed E-state index contributed by atoms with van der Waals surface area (Å²) in [5.74, 6) is -1.63. The summed E-state index contributed by atoms with van der Waals surface area (Å²) >= 11 is 0. The molecule has 9 nitrogen and oxygen atoms in total. The summed E-state index contributed by atoms with van der Waals surface area (Å²) in [4.78, 5) is 22.8. The number of carbonyl (C=O) groups is 2. The number of phenolic OH excluding ortho intramolecular Hbond substituents is 1. The van der Waals surface area contributed by atoms with E-state index in [4.69, 9.17) is 10.3 Å². The minimum atomic E-state index is -2.01. The Balaban J connectivity index is 2.30. The minimum Gasteiger partial charge on any atom is -0.507 e. The number of nitrogens with two attached hydrogens (primary N) is 1. The number of aromatic hydroxyl groups is 1. The lowest BCUT2D eigenvalue weighted by molar-refractivity contribution is -0.144. The summed E-state index contributed by atoms with van der Waals surface area (Å²) in [6, 6.07) is 5.35. The average molecular weight is 434 g/mol. The summed E-state index contributed by atoms with van der Waals surface area (Å²) in [5, 5.41) is 36.3. The first kappa shape index (κ1) is 24.4. The summed E-state index contributed by atoms with van der Waals surface area (Å²) in [6.45, 7) is 11.9. The lowest BCUT2D eigenvalue weighted by Crippen LogP contribution is -2.47. The fraction of sp³-hybridized carbons (Fsp3) is 0.500. The fourth-order valence-electron chi connectivity index (χ4n) is 3.04. The van der Waals surface area contributed by atoms with Gasteiger partial charge in [-0.1, -0.05) is 46.7 Å². The standard InChI is InChI=1S/C22H31N3O6/c1-21(2,3)13-7-11(8-14(16(13)26)22(4,5)6)15-9-12(31-25-15)10-24-20(30)18(28)17(27)19(23)29/h7-9,17-18,26-28H,10H2,1-6H3,(H2,23,29)(H,24,30)/t17-,18-/m1/s1. The van der Waals surface area contributed by atoms with Crippen molar-refractivity contribution in [2.45, 2.75) is 71.1 Å². The van der Waals surface area contributed by atoms with Crippen molar-refractivity contribution in [1.29, 1.82) is 0 Å². The molecular formula is C22H31N3O6. The first-order valence-corrected chi connectivity index (χ1v) is 9.90. The van der Waals surface area contributed by atoms with Gasteiger partial charge in [0.2, 0.25) is 5.91 Å². The molecule has 9 heteroatoms. The molecule has 0 fully saturated rings. The topological polar surface area (TPSA) is 159 Å². The second-order valence-electron chi connectivity index (χ2n) is 9.61. The molecule has 1 aromatic carbocycles. The molecule has 31 heavy (non-hydrogen) atoms. The number of hydrogen-bond donors (Lipinski definition) is 5. The number of amides is 2. The summed E-state index contributed by atoms with van der Waals surface area (Å²) in [7, 11) is 0. The molecule has 2 aromatic rings. The van der Waals surface area contributed by atoms with Gasteiger partial charge in [-0.05, 0) is 23.0 Å². The van der Waals surface area contributed by atoms with Crippen LogP contribution in [0.15, 0.2) is 22.7 Å². The van der Waals surface area contributed by atoms with E-state index in [2.05, 4.69) is 10.5 Å². The highest BCUT2D eigenvalue weighted by molar-refractivity contribution is 5.89. The van der Waals surface area contributed by atoms with Gasteiger partial charge < -0.3 is 30.9 Å². The Bertz CT molecular complexity index is 933. The van der Waals surface area contributed by atoms with Gasteiger partial charge in [-0.15, -0.1) is 0 Å². The molecule has 170 valence electrons. The summed E-state index contributed by atoms with van der Waals surface area (Å²) in [5.41, 5.74) is 7.06. The zero-order valence-corrected chi connectivity index (χ0v) is 18.7. The molecule has 0 saturated heterocycles. The number of nitrogens with one attached hydrogen (secondary N) is 1. The molecule has 1 aromatic heterocycles. The van der Waals surface area contributed by atoms with E-state index in [9.17, 15) is 24.9 Å². The van der Waals surface area contributed by atoms with Crippen molar-refractivity contribution in [3.63, 3.8) is 0 Å². The highest BCUT2D eigenvalue weighted by Gasteiger charge is 2.29. The Labute approximate surface area is 181 Å². The maximum absolute atomic E-state index is 11.9. The number of aromatic nitrogens is 1. The first-order chi connectivity index (χ1) is 14.1. The Hall–Kier alpha value is -2.91. The van der Waals surface area contributed by atoms with E-state index in [-0.39, 0.29) is 23.1 Å². The highest BCUT2D eigenvalue weighted by atomic mass is 16.5. The third-order valence-electron chi connectivity index (χ3n) is 4.88. The van der Waals surface area contributed by atoms with Gasteiger partial charge in [0.1, 0.15) is 11.4 Å². The van der Waals surface area contributed by atoms with Gasteiger partial charge >= 0.3 is 0 Å². The average Bonchev–Trinajstić information content (AvgIpc) is 3.12.